The van der Waals surface area contributed by atoms with Gasteiger partial charge in [-0.2, -0.15) is 0 Å². The van der Waals surface area contributed by atoms with Crippen molar-refractivity contribution in [3.8, 4) is 0 Å². The first-order chi connectivity index (χ1) is 7.81. The fraction of sp³-hybridized carbons (Fsp3) is 0.846. The molecule has 0 aromatic rings. The van der Waals surface area contributed by atoms with Gasteiger partial charge in [0.05, 0.1) is 19.8 Å². The highest BCUT2D eigenvalue weighted by Crippen LogP contribution is 2.00. The predicted octanol–water partition coefficient (Wildman–Crippen LogP) is 2.72. The first kappa shape index (κ1) is 15.5. The van der Waals surface area contributed by atoms with Crippen LogP contribution in [-0.2, 0) is 9.47 Å². The zero-order valence-corrected chi connectivity index (χ0v) is 10.9. The van der Waals surface area contributed by atoms with Gasteiger partial charge in [0.2, 0.25) is 0 Å². The van der Waals surface area contributed by atoms with Crippen molar-refractivity contribution in [2.24, 2.45) is 0 Å². The highest BCUT2D eigenvalue weighted by Gasteiger charge is 1.93. The normalized spacial score (nSPS) is 10.4. The van der Waals surface area contributed by atoms with Gasteiger partial charge in [-0.05, 0) is 19.3 Å². The second-order valence-electron chi connectivity index (χ2n) is 3.86. The van der Waals surface area contributed by atoms with Crippen LogP contribution in [0.4, 0.5) is 0 Å². The van der Waals surface area contributed by atoms with E-state index in [0.717, 1.165) is 38.3 Å². The van der Waals surface area contributed by atoms with Crippen LogP contribution >= 0.6 is 0 Å². The fourth-order valence-electron chi connectivity index (χ4n) is 1.24. The molecule has 0 aromatic heterocycles. The molecule has 0 aliphatic carbocycles. The van der Waals surface area contributed by atoms with Gasteiger partial charge in [-0.15, -0.1) is 0 Å². The monoisotopic (exact) mass is 229 g/mol. The van der Waals surface area contributed by atoms with Crippen molar-refractivity contribution in [3.05, 3.63) is 12.3 Å². The highest BCUT2D eigenvalue weighted by atomic mass is 16.5. The summed E-state index contributed by atoms with van der Waals surface area (Å²) in [5.74, 6) is 0. The molecule has 0 heterocycles. The van der Waals surface area contributed by atoms with E-state index in [1.54, 1.807) is 0 Å². The maximum atomic E-state index is 5.41. The van der Waals surface area contributed by atoms with Crippen molar-refractivity contribution >= 4 is 0 Å². The average Bonchev–Trinajstić information content (AvgIpc) is 2.30. The molecule has 0 rings (SSSR count). The van der Waals surface area contributed by atoms with Crippen LogP contribution < -0.4 is 5.32 Å². The van der Waals surface area contributed by atoms with Gasteiger partial charge < -0.3 is 14.8 Å². The largest absolute Gasteiger partial charge is 0.387 e. The summed E-state index contributed by atoms with van der Waals surface area (Å²) in [5.41, 5.74) is 1.12. The summed E-state index contributed by atoms with van der Waals surface area (Å²) < 4.78 is 10.7. The van der Waals surface area contributed by atoms with Crippen LogP contribution in [0.3, 0.4) is 0 Å². The molecule has 3 nitrogen and oxygen atoms in total. The summed E-state index contributed by atoms with van der Waals surface area (Å²) in [6, 6.07) is 0. The lowest BCUT2D eigenvalue weighted by molar-refractivity contribution is 0.0496. The Bertz CT molecular complexity index is 160. The van der Waals surface area contributed by atoms with Crippen molar-refractivity contribution < 1.29 is 9.47 Å². The van der Waals surface area contributed by atoms with E-state index >= 15 is 0 Å². The lowest BCUT2D eigenvalue weighted by Gasteiger charge is -2.09. The molecular formula is C13H27NO2. The number of nitrogens with one attached hydrogen (secondary N) is 1. The summed E-state index contributed by atoms with van der Waals surface area (Å²) in [5, 5.41) is 3.26. The van der Waals surface area contributed by atoms with Gasteiger partial charge >= 0.3 is 0 Å². The summed E-state index contributed by atoms with van der Waals surface area (Å²) in [4.78, 5) is 0. The molecule has 0 saturated heterocycles. The molecule has 0 radical (unpaired) electrons. The molecule has 0 aliphatic heterocycles. The lowest BCUT2D eigenvalue weighted by atomic mass is 10.2. The molecule has 0 aromatic carbocycles. The van der Waals surface area contributed by atoms with Crippen LogP contribution in [0.25, 0.3) is 0 Å². The molecule has 0 bridgehead atoms. The van der Waals surface area contributed by atoms with Crippen LogP contribution in [-0.4, -0.2) is 33.0 Å². The topological polar surface area (TPSA) is 30.5 Å². The highest BCUT2D eigenvalue weighted by molar-refractivity contribution is 4.90. The standard InChI is InChI=1S/C13H27NO2/c1-4-6-7-13(3)14-8-10-16-12-11-15-9-5-2/h14H,3-12H2,1-2H3. The van der Waals surface area contributed by atoms with Gasteiger partial charge in [-0.3, -0.25) is 0 Å². The number of allylic oxidation sites excluding steroid dienone is 1. The first-order valence-electron chi connectivity index (χ1n) is 6.38. The summed E-state index contributed by atoms with van der Waals surface area (Å²) >= 11 is 0. The molecule has 0 atom stereocenters. The third-order valence-corrected chi connectivity index (χ3v) is 2.17. The van der Waals surface area contributed by atoms with E-state index in [-0.39, 0.29) is 0 Å². The van der Waals surface area contributed by atoms with E-state index < -0.39 is 0 Å². The van der Waals surface area contributed by atoms with Gasteiger partial charge in [0.1, 0.15) is 0 Å². The van der Waals surface area contributed by atoms with Crippen LogP contribution in [0.2, 0.25) is 0 Å². The quantitative estimate of drug-likeness (QED) is 0.522. The minimum atomic E-state index is 0.684. The van der Waals surface area contributed by atoms with Gasteiger partial charge in [0.25, 0.3) is 0 Å². The van der Waals surface area contributed by atoms with E-state index in [2.05, 4.69) is 25.7 Å². The van der Waals surface area contributed by atoms with E-state index in [1.807, 2.05) is 0 Å². The van der Waals surface area contributed by atoms with Gasteiger partial charge in [0.15, 0.2) is 0 Å². The SMILES string of the molecule is C=C(CCCC)NCCOCCOCCC. The molecule has 1 N–H and O–H groups in total. The van der Waals surface area contributed by atoms with E-state index in [1.165, 1.54) is 12.8 Å². The number of hydrogen-bond donors (Lipinski definition) is 1. The van der Waals surface area contributed by atoms with Crippen molar-refractivity contribution in [2.45, 2.75) is 39.5 Å². The second kappa shape index (κ2) is 12.5. The first-order valence-corrected chi connectivity index (χ1v) is 6.38. The molecule has 0 saturated carbocycles. The molecule has 0 fully saturated rings. The molecule has 16 heavy (non-hydrogen) atoms. The fourth-order valence-corrected chi connectivity index (χ4v) is 1.24. The van der Waals surface area contributed by atoms with Crippen molar-refractivity contribution in [3.63, 3.8) is 0 Å². The Morgan fingerprint density at radius 2 is 1.69 bits per heavy atom. The van der Waals surface area contributed by atoms with Crippen molar-refractivity contribution in [1.82, 2.24) is 5.32 Å². The van der Waals surface area contributed by atoms with Crippen molar-refractivity contribution in [1.29, 1.82) is 0 Å². The molecule has 3 heteroatoms. The Morgan fingerprint density at radius 3 is 2.31 bits per heavy atom. The molecule has 0 aliphatic rings. The Hall–Kier alpha value is -0.540. The number of unbranched alkanes of at least 4 members (excludes halogenated alkanes) is 1. The predicted molar refractivity (Wildman–Crippen MR) is 68.6 cm³/mol. The Morgan fingerprint density at radius 1 is 1.00 bits per heavy atom. The minimum absolute atomic E-state index is 0.684. The molecular weight excluding hydrogens is 202 g/mol. The zero-order chi connectivity index (χ0) is 12.1. The average molecular weight is 229 g/mol. The second-order valence-corrected chi connectivity index (χ2v) is 3.86. The van der Waals surface area contributed by atoms with Gasteiger partial charge in [-0.25, -0.2) is 0 Å². The molecule has 0 unspecified atom stereocenters. The summed E-state index contributed by atoms with van der Waals surface area (Å²) in [7, 11) is 0. The number of hydrogen-bond acceptors (Lipinski definition) is 3. The third-order valence-electron chi connectivity index (χ3n) is 2.17. The maximum absolute atomic E-state index is 5.41. The lowest BCUT2D eigenvalue weighted by Crippen LogP contribution is -2.19. The van der Waals surface area contributed by atoms with E-state index in [9.17, 15) is 0 Å². The summed E-state index contributed by atoms with van der Waals surface area (Å²) in [6.07, 6.45) is 4.55. The maximum Gasteiger partial charge on any atom is 0.0701 e. The Balaban J connectivity index is 3.05. The smallest absolute Gasteiger partial charge is 0.0701 e. The van der Waals surface area contributed by atoms with Gasteiger partial charge in [0, 0.05) is 18.8 Å². The zero-order valence-electron chi connectivity index (χ0n) is 10.9. The molecule has 0 amide bonds. The number of ether oxygens (including phenoxy) is 2. The van der Waals surface area contributed by atoms with Crippen LogP contribution in [0.5, 0.6) is 0 Å². The third kappa shape index (κ3) is 11.5. The Kier molecular flexibility index (Phi) is 12.1. The Labute approximate surface area is 100 Å². The van der Waals surface area contributed by atoms with E-state index in [0.29, 0.717) is 13.2 Å². The van der Waals surface area contributed by atoms with Crippen LogP contribution in [0, 0.1) is 0 Å². The van der Waals surface area contributed by atoms with Crippen molar-refractivity contribution in [2.75, 3.05) is 33.0 Å². The van der Waals surface area contributed by atoms with Crippen LogP contribution in [0.15, 0.2) is 12.3 Å². The minimum Gasteiger partial charge on any atom is -0.387 e. The van der Waals surface area contributed by atoms with E-state index in [4.69, 9.17) is 9.47 Å². The van der Waals surface area contributed by atoms with Crippen LogP contribution in [0.1, 0.15) is 39.5 Å². The molecule has 96 valence electrons. The number of rotatable bonds is 12. The molecule has 0 spiro atoms. The summed E-state index contributed by atoms with van der Waals surface area (Å²) in [6.45, 7) is 12.0. The van der Waals surface area contributed by atoms with Gasteiger partial charge in [-0.1, -0.05) is 26.8 Å².